The van der Waals surface area contributed by atoms with Crippen LogP contribution in [0.2, 0.25) is 0 Å². The Balaban J connectivity index is 2.84. The number of nitrogens with one attached hydrogen (secondary N) is 1. The van der Waals surface area contributed by atoms with Crippen molar-refractivity contribution in [3.8, 4) is 5.88 Å². The first kappa shape index (κ1) is 5.18. The quantitative estimate of drug-likeness (QED) is 0.487. The lowest BCUT2D eigenvalue weighted by molar-refractivity contribution is 0.276. The summed E-state index contributed by atoms with van der Waals surface area (Å²) in [7, 11) is 0. The molecule has 0 saturated heterocycles. The molecule has 0 aliphatic heterocycles. The fourth-order valence-corrected chi connectivity index (χ4v) is 0.520. The van der Waals surface area contributed by atoms with Crippen LogP contribution in [-0.4, -0.2) is 15.2 Å². The van der Waals surface area contributed by atoms with E-state index in [1.54, 1.807) is 6.07 Å². The van der Waals surface area contributed by atoms with Gasteiger partial charge in [0.25, 0.3) is 0 Å². The van der Waals surface area contributed by atoms with E-state index < -0.39 is 0 Å². The number of aromatic hydroxyl groups is 1. The average molecular weight is 113 g/mol. The Hall–Kier alpha value is -0.960. The van der Waals surface area contributed by atoms with Crippen LogP contribution in [0.1, 0.15) is 5.69 Å². The maximum atomic E-state index is 8.62. The highest BCUT2D eigenvalue weighted by Gasteiger charge is 1.90. The third-order valence-corrected chi connectivity index (χ3v) is 0.901. The van der Waals surface area contributed by atoms with Gasteiger partial charge in [-0.25, -0.2) is 0 Å². The lowest BCUT2D eigenvalue weighted by Crippen LogP contribution is -1.78. The first-order valence-electron chi connectivity index (χ1n) is 2.30. The molecule has 1 aromatic rings. The number of aliphatic hydroxyl groups is 1. The topological polar surface area (TPSA) is 56.2 Å². The van der Waals surface area contributed by atoms with Crippen molar-refractivity contribution in [3.63, 3.8) is 0 Å². The van der Waals surface area contributed by atoms with Gasteiger partial charge in [0.05, 0.1) is 6.61 Å². The van der Waals surface area contributed by atoms with E-state index in [0.717, 1.165) is 0 Å². The van der Waals surface area contributed by atoms with Crippen LogP contribution in [0.15, 0.2) is 12.1 Å². The summed E-state index contributed by atoms with van der Waals surface area (Å²) in [4.78, 5) is 2.53. The van der Waals surface area contributed by atoms with Crippen molar-refractivity contribution >= 4 is 0 Å². The van der Waals surface area contributed by atoms with Crippen LogP contribution < -0.4 is 0 Å². The van der Waals surface area contributed by atoms with Crippen molar-refractivity contribution < 1.29 is 10.2 Å². The maximum Gasteiger partial charge on any atom is 0.188 e. The first-order valence-corrected chi connectivity index (χ1v) is 2.30. The molecule has 8 heavy (non-hydrogen) atoms. The van der Waals surface area contributed by atoms with Gasteiger partial charge in [-0.2, -0.15) is 0 Å². The molecule has 0 bridgehead atoms. The number of aromatic amines is 1. The lowest BCUT2D eigenvalue weighted by Gasteiger charge is -1.83. The summed E-state index contributed by atoms with van der Waals surface area (Å²) >= 11 is 0. The molecule has 1 heterocycles. The molecule has 3 heteroatoms. The molecular formula is C5H7NO2. The van der Waals surface area contributed by atoms with Crippen LogP contribution in [0.4, 0.5) is 0 Å². The molecule has 0 atom stereocenters. The van der Waals surface area contributed by atoms with Gasteiger partial charge in [-0.1, -0.05) is 0 Å². The zero-order valence-electron chi connectivity index (χ0n) is 4.26. The number of hydrogen-bond acceptors (Lipinski definition) is 2. The molecule has 44 valence electrons. The van der Waals surface area contributed by atoms with Crippen LogP contribution in [0, 0.1) is 0 Å². The maximum absolute atomic E-state index is 8.62. The van der Waals surface area contributed by atoms with E-state index in [2.05, 4.69) is 4.98 Å². The Bertz CT molecular complexity index is 171. The van der Waals surface area contributed by atoms with Crippen LogP contribution >= 0.6 is 0 Å². The van der Waals surface area contributed by atoms with Crippen molar-refractivity contribution in [2.24, 2.45) is 0 Å². The zero-order valence-corrected chi connectivity index (χ0v) is 4.26. The van der Waals surface area contributed by atoms with E-state index in [-0.39, 0.29) is 12.5 Å². The van der Waals surface area contributed by atoms with Gasteiger partial charge in [0.2, 0.25) is 0 Å². The molecule has 0 aliphatic rings. The molecule has 0 aliphatic carbocycles. The molecular weight excluding hydrogens is 106 g/mol. The molecule has 0 fully saturated rings. The lowest BCUT2D eigenvalue weighted by atomic mass is 10.5. The second kappa shape index (κ2) is 1.88. The van der Waals surface area contributed by atoms with Crippen molar-refractivity contribution in [3.05, 3.63) is 17.8 Å². The van der Waals surface area contributed by atoms with Crippen molar-refractivity contribution in [2.45, 2.75) is 6.61 Å². The molecule has 1 aromatic heterocycles. The first-order chi connectivity index (χ1) is 3.83. The molecule has 0 amide bonds. The summed E-state index contributed by atoms with van der Waals surface area (Å²) < 4.78 is 0. The van der Waals surface area contributed by atoms with E-state index in [1.165, 1.54) is 6.07 Å². The summed E-state index contributed by atoms with van der Waals surface area (Å²) in [5.41, 5.74) is 0.627. The Morgan fingerprint density at radius 1 is 1.50 bits per heavy atom. The minimum Gasteiger partial charge on any atom is -0.495 e. The summed E-state index contributed by atoms with van der Waals surface area (Å²) in [6.07, 6.45) is 0. The van der Waals surface area contributed by atoms with Crippen LogP contribution in [0.3, 0.4) is 0 Å². The van der Waals surface area contributed by atoms with Gasteiger partial charge in [0.15, 0.2) is 5.88 Å². The Morgan fingerprint density at radius 3 is 2.50 bits per heavy atom. The fraction of sp³-hybridized carbons (Fsp3) is 0.200. The van der Waals surface area contributed by atoms with E-state index >= 15 is 0 Å². The number of aromatic nitrogens is 1. The fourth-order valence-electron chi connectivity index (χ4n) is 0.520. The molecule has 0 spiro atoms. The summed E-state index contributed by atoms with van der Waals surface area (Å²) in [5, 5.41) is 17.0. The Morgan fingerprint density at radius 2 is 2.25 bits per heavy atom. The van der Waals surface area contributed by atoms with E-state index in [4.69, 9.17) is 10.2 Å². The van der Waals surface area contributed by atoms with Gasteiger partial charge in [0.1, 0.15) is 0 Å². The van der Waals surface area contributed by atoms with Crippen molar-refractivity contribution in [1.29, 1.82) is 0 Å². The van der Waals surface area contributed by atoms with E-state index in [1.807, 2.05) is 0 Å². The molecule has 0 radical (unpaired) electrons. The molecule has 0 aromatic carbocycles. The Kier molecular flexibility index (Phi) is 1.22. The predicted octanol–water partition coefficient (Wildman–Crippen LogP) is 0.213. The largest absolute Gasteiger partial charge is 0.495 e. The van der Waals surface area contributed by atoms with Gasteiger partial charge >= 0.3 is 0 Å². The molecule has 3 N–H and O–H groups in total. The number of H-pyrrole nitrogens is 1. The monoisotopic (exact) mass is 113 g/mol. The second-order valence-electron chi connectivity index (χ2n) is 1.53. The smallest absolute Gasteiger partial charge is 0.188 e. The average Bonchev–Trinajstić information content (AvgIpc) is 2.14. The highest BCUT2D eigenvalue weighted by Crippen LogP contribution is 2.05. The van der Waals surface area contributed by atoms with E-state index in [9.17, 15) is 0 Å². The minimum atomic E-state index is -0.0550. The summed E-state index contributed by atoms with van der Waals surface area (Å²) in [6, 6.07) is 3.11. The standard InChI is InChI=1S/C5H7NO2/c7-3-4-1-2-5(8)6-4/h1-2,6-8H,3H2. The predicted molar refractivity (Wildman–Crippen MR) is 28.4 cm³/mol. The highest BCUT2D eigenvalue weighted by molar-refractivity contribution is 5.15. The second-order valence-corrected chi connectivity index (χ2v) is 1.53. The third-order valence-electron chi connectivity index (χ3n) is 0.901. The SMILES string of the molecule is OCc1ccc(O)[nH]1. The normalized spacial score (nSPS) is 9.62. The summed E-state index contributed by atoms with van der Waals surface area (Å²) in [6.45, 7) is -0.0550. The highest BCUT2D eigenvalue weighted by atomic mass is 16.3. The summed E-state index contributed by atoms with van der Waals surface area (Å²) in [5.74, 6) is 0.0917. The van der Waals surface area contributed by atoms with Crippen LogP contribution in [0.5, 0.6) is 5.88 Å². The third kappa shape index (κ3) is 0.816. The van der Waals surface area contributed by atoms with Crippen LogP contribution in [0.25, 0.3) is 0 Å². The molecule has 3 nitrogen and oxygen atoms in total. The van der Waals surface area contributed by atoms with Gasteiger partial charge in [0, 0.05) is 5.69 Å². The molecule has 1 rings (SSSR count). The molecule has 0 saturated carbocycles. The number of aliphatic hydroxyl groups excluding tert-OH is 1. The van der Waals surface area contributed by atoms with Crippen molar-refractivity contribution in [2.75, 3.05) is 0 Å². The van der Waals surface area contributed by atoms with Gasteiger partial charge in [-0.15, -0.1) is 0 Å². The van der Waals surface area contributed by atoms with Gasteiger partial charge in [-0.05, 0) is 12.1 Å². The van der Waals surface area contributed by atoms with Gasteiger partial charge < -0.3 is 15.2 Å². The van der Waals surface area contributed by atoms with Crippen molar-refractivity contribution in [1.82, 2.24) is 4.98 Å². The van der Waals surface area contributed by atoms with Crippen LogP contribution in [-0.2, 0) is 6.61 Å². The number of rotatable bonds is 1. The molecule has 0 unspecified atom stereocenters. The zero-order chi connectivity index (χ0) is 5.98. The van der Waals surface area contributed by atoms with Gasteiger partial charge in [-0.3, -0.25) is 0 Å². The minimum absolute atomic E-state index is 0.0550. The number of hydrogen-bond donors (Lipinski definition) is 3. The Labute approximate surface area is 46.6 Å². The van der Waals surface area contributed by atoms with E-state index in [0.29, 0.717) is 5.69 Å².